The quantitative estimate of drug-likeness (QED) is 0.252. The molecule has 0 fully saturated rings. The van der Waals surface area contributed by atoms with Crippen LogP contribution in [0.1, 0.15) is 0 Å². The SMILES string of the molecule is C=CCOCC(=C)C(=C)OC. The number of methoxy groups -OCH3 is 1. The van der Waals surface area contributed by atoms with Crippen molar-refractivity contribution in [2.45, 2.75) is 0 Å². The van der Waals surface area contributed by atoms with Crippen molar-refractivity contribution >= 4 is 0 Å². The molecule has 0 saturated heterocycles. The summed E-state index contributed by atoms with van der Waals surface area (Å²) in [6.45, 7) is 11.8. The third-order valence-corrected chi connectivity index (χ3v) is 1.15. The molecule has 0 aliphatic carbocycles. The minimum Gasteiger partial charge on any atom is -0.497 e. The summed E-state index contributed by atoms with van der Waals surface area (Å²) < 4.78 is 9.95. The van der Waals surface area contributed by atoms with Crippen LogP contribution in [-0.4, -0.2) is 20.3 Å². The van der Waals surface area contributed by atoms with E-state index in [1.165, 1.54) is 0 Å². The lowest BCUT2D eigenvalue weighted by molar-refractivity contribution is 0.179. The van der Waals surface area contributed by atoms with Gasteiger partial charge in [0.25, 0.3) is 0 Å². The highest BCUT2D eigenvalue weighted by Gasteiger charge is 1.97. The zero-order valence-electron chi connectivity index (χ0n) is 6.93. The lowest BCUT2D eigenvalue weighted by atomic mass is 10.3. The Labute approximate surface area is 67.8 Å². The molecule has 0 rings (SSSR count). The van der Waals surface area contributed by atoms with Crippen LogP contribution in [0, 0.1) is 0 Å². The third kappa shape index (κ3) is 4.39. The van der Waals surface area contributed by atoms with Gasteiger partial charge in [-0.3, -0.25) is 0 Å². The third-order valence-electron chi connectivity index (χ3n) is 1.15. The number of rotatable bonds is 6. The second kappa shape index (κ2) is 5.74. The summed E-state index contributed by atoms with van der Waals surface area (Å²) in [5.74, 6) is 0.564. The Morgan fingerprint density at radius 2 is 2.09 bits per heavy atom. The minimum atomic E-state index is 0.443. The van der Waals surface area contributed by atoms with Crippen molar-refractivity contribution in [1.29, 1.82) is 0 Å². The lowest BCUT2D eigenvalue weighted by Crippen LogP contribution is -2.00. The zero-order chi connectivity index (χ0) is 8.69. The topological polar surface area (TPSA) is 18.5 Å². The summed E-state index contributed by atoms with van der Waals surface area (Å²) in [6.07, 6.45) is 1.68. The standard InChI is InChI=1S/C9H14O2/c1-5-6-11-7-8(2)9(3)10-4/h5H,1-3,6-7H2,4H3. The van der Waals surface area contributed by atoms with E-state index in [-0.39, 0.29) is 0 Å². The molecule has 0 aromatic carbocycles. The van der Waals surface area contributed by atoms with Gasteiger partial charge in [-0.1, -0.05) is 19.2 Å². The Bertz CT molecular complexity index is 159. The van der Waals surface area contributed by atoms with Crippen molar-refractivity contribution in [3.05, 3.63) is 37.1 Å². The molecule has 0 heterocycles. The van der Waals surface area contributed by atoms with Gasteiger partial charge in [-0.15, -0.1) is 6.58 Å². The van der Waals surface area contributed by atoms with E-state index in [0.29, 0.717) is 19.0 Å². The molecule has 2 heteroatoms. The van der Waals surface area contributed by atoms with Gasteiger partial charge in [-0.25, -0.2) is 0 Å². The Hall–Kier alpha value is -1.02. The first-order valence-electron chi connectivity index (χ1n) is 3.32. The van der Waals surface area contributed by atoms with Gasteiger partial charge < -0.3 is 9.47 Å². The van der Waals surface area contributed by atoms with Crippen LogP contribution in [0.15, 0.2) is 37.1 Å². The molecular formula is C9H14O2. The van der Waals surface area contributed by atoms with Gasteiger partial charge >= 0.3 is 0 Å². The van der Waals surface area contributed by atoms with Gasteiger partial charge in [0.2, 0.25) is 0 Å². The molecule has 2 nitrogen and oxygen atoms in total. The first-order valence-corrected chi connectivity index (χ1v) is 3.32. The average Bonchev–Trinajstić information content (AvgIpc) is 2.03. The molecule has 0 aliphatic rings. The molecule has 0 spiro atoms. The summed E-state index contributed by atoms with van der Waals surface area (Å²) in [4.78, 5) is 0. The molecule has 0 amide bonds. The van der Waals surface area contributed by atoms with Crippen LogP contribution >= 0.6 is 0 Å². The first-order chi connectivity index (χ1) is 5.22. The van der Waals surface area contributed by atoms with Crippen molar-refractivity contribution in [2.24, 2.45) is 0 Å². The summed E-state index contributed by atoms with van der Waals surface area (Å²) in [5.41, 5.74) is 0.759. The Morgan fingerprint density at radius 1 is 1.45 bits per heavy atom. The van der Waals surface area contributed by atoms with E-state index in [2.05, 4.69) is 19.7 Å². The van der Waals surface area contributed by atoms with Gasteiger partial charge in [-0.2, -0.15) is 0 Å². The predicted octanol–water partition coefficient (Wildman–Crippen LogP) is 1.91. The normalized spacial score (nSPS) is 8.82. The van der Waals surface area contributed by atoms with Crippen molar-refractivity contribution in [2.75, 3.05) is 20.3 Å². The maximum atomic E-state index is 5.11. The Kier molecular flexibility index (Phi) is 5.21. The summed E-state index contributed by atoms with van der Waals surface area (Å²) >= 11 is 0. The highest BCUT2D eigenvalue weighted by Crippen LogP contribution is 2.04. The van der Waals surface area contributed by atoms with E-state index < -0.39 is 0 Å². The maximum Gasteiger partial charge on any atom is 0.116 e. The van der Waals surface area contributed by atoms with Crippen molar-refractivity contribution in [3.8, 4) is 0 Å². The molecule has 0 aromatic heterocycles. The molecule has 0 aromatic rings. The van der Waals surface area contributed by atoms with E-state index in [0.717, 1.165) is 5.57 Å². The van der Waals surface area contributed by atoms with Crippen LogP contribution in [0.2, 0.25) is 0 Å². The van der Waals surface area contributed by atoms with Crippen molar-refractivity contribution in [3.63, 3.8) is 0 Å². The Balaban J connectivity index is 3.52. The largest absolute Gasteiger partial charge is 0.497 e. The van der Waals surface area contributed by atoms with E-state index in [1.54, 1.807) is 13.2 Å². The van der Waals surface area contributed by atoms with Crippen LogP contribution < -0.4 is 0 Å². The monoisotopic (exact) mass is 154 g/mol. The second-order valence-electron chi connectivity index (χ2n) is 2.03. The molecule has 0 atom stereocenters. The fraction of sp³-hybridized carbons (Fsp3) is 0.333. The van der Waals surface area contributed by atoms with Gasteiger partial charge in [0.05, 0.1) is 20.3 Å². The molecule has 0 N–H and O–H groups in total. The van der Waals surface area contributed by atoms with Crippen LogP contribution in [-0.2, 0) is 9.47 Å². The predicted molar refractivity (Wildman–Crippen MR) is 46.3 cm³/mol. The first kappa shape index (κ1) is 9.98. The van der Waals surface area contributed by atoms with E-state index in [4.69, 9.17) is 9.47 Å². The molecule has 62 valence electrons. The minimum absolute atomic E-state index is 0.443. The highest BCUT2D eigenvalue weighted by molar-refractivity contribution is 5.19. The van der Waals surface area contributed by atoms with Gasteiger partial charge in [0, 0.05) is 5.57 Å². The fourth-order valence-corrected chi connectivity index (χ4v) is 0.490. The smallest absolute Gasteiger partial charge is 0.116 e. The van der Waals surface area contributed by atoms with Crippen LogP contribution in [0.5, 0.6) is 0 Å². The molecule has 0 unspecified atom stereocenters. The highest BCUT2D eigenvalue weighted by atomic mass is 16.5. The van der Waals surface area contributed by atoms with Gasteiger partial charge in [0.1, 0.15) is 5.76 Å². The van der Waals surface area contributed by atoms with Crippen LogP contribution in [0.25, 0.3) is 0 Å². The molecule has 0 bridgehead atoms. The summed E-state index contributed by atoms with van der Waals surface area (Å²) in [6, 6.07) is 0. The van der Waals surface area contributed by atoms with Gasteiger partial charge in [0.15, 0.2) is 0 Å². The number of hydrogen-bond donors (Lipinski definition) is 0. The zero-order valence-corrected chi connectivity index (χ0v) is 6.93. The van der Waals surface area contributed by atoms with Crippen LogP contribution in [0.3, 0.4) is 0 Å². The Morgan fingerprint density at radius 3 is 2.55 bits per heavy atom. The van der Waals surface area contributed by atoms with Crippen molar-refractivity contribution < 1.29 is 9.47 Å². The molecular weight excluding hydrogens is 140 g/mol. The molecule has 11 heavy (non-hydrogen) atoms. The molecule has 0 aliphatic heterocycles. The van der Waals surface area contributed by atoms with Crippen molar-refractivity contribution in [1.82, 2.24) is 0 Å². The van der Waals surface area contributed by atoms with Gasteiger partial charge in [-0.05, 0) is 0 Å². The number of ether oxygens (including phenoxy) is 2. The average molecular weight is 154 g/mol. The van der Waals surface area contributed by atoms with E-state index >= 15 is 0 Å². The summed E-state index contributed by atoms with van der Waals surface area (Å²) in [7, 11) is 1.56. The molecule has 0 radical (unpaired) electrons. The fourth-order valence-electron chi connectivity index (χ4n) is 0.490. The van der Waals surface area contributed by atoms with Crippen LogP contribution in [0.4, 0.5) is 0 Å². The second-order valence-corrected chi connectivity index (χ2v) is 2.03. The number of hydrogen-bond acceptors (Lipinski definition) is 2. The molecule has 0 saturated carbocycles. The van der Waals surface area contributed by atoms with E-state index in [1.807, 2.05) is 0 Å². The van der Waals surface area contributed by atoms with E-state index in [9.17, 15) is 0 Å². The lowest BCUT2D eigenvalue weighted by Gasteiger charge is -2.06. The summed E-state index contributed by atoms with van der Waals surface area (Å²) in [5, 5.41) is 0. The maximum absolute atomic E-state index is 5.11.